The van der Waals surface area contributed by atoms with Gasteiger partial charge in [0.1, 0.15) is 5.82 Å². The molecule has 1 aliphatic rings. The van der Waals surface area contributed by atoms with Crippen molar-refractivity contribution in [3.8, 4) is 0 Å². The number of aromatic nitrogens is 4. The largest absolute Gasteiger partial charge is 0.353 e. The minimum atomic E-state index is 0.928. The minimum absolute atomic E-state index is 0.928. The Hall–Kier alpha value is -1.95. The van der Waals surface area contributed by atoms with Crippen LogP contribution in [0.3, 0.4) is 0 Å². The van der Waals surface area contributed by atoms with Gasteiger partial charge in [0.15, 0.2) is 5.82 Å². The maximum absolute atomic E-state index is 4.59. The van der Waals surface area contributed by atoms with E-state index >= 15 is 0 Å². The summed E-state index contributed by atoms with van der Waals surface area (Å²) >= 11 is 0. The lowest BCUT2D eigenvalue weighted by molar-refractivity contribution is 0.387. The Morgan fingerprint density at radius 2 is 2.00 bits per heavy atom. The first-order valence-corrected chi connectivity index (χ1v) is 7.37. The normalized spacial score (nSPS) is 15.1. The Morgan fingerprint density at radius 1 is 1.14 bits per heavy atom. The fraction of sp³-hybridized carbons (Fsp3) is 0.533. The Morgan fingerprint density at radius 3 is 2.71 bits per heavy atom. The van der Waals surface area contributed by atoms with Crippen molar-refractivity contribution in [2.45, 2.75) is 26.4 Å². The number of aryl methyl sites for hydroxylation is 1. The van der Waals surface area contributed by atoms with Crippen LogP contribution in [0, 0.1) is 6.92 Å². The van der Waals surface area contributed by atoms with Gasteiger partial charge in [-0.25, -0.2) is 4.98 Å². The van der Waals surface area contributed by atoms with E-state index in [1.807, 2.05) is 19.2 Å². The molecule has 6 heteroatoms. The molecule has 0 saturated carbocycles. The van der Waals surface area contributed by atoms with Gasteiger partial charge in [-0.05, 0) is 33.2 Å². The summed E-state index contributed by atoms with van der Waals surface area (Å²) in [7, 11) is 4.18. The van der Waals surface area contributed by atoms with Crippen molar-refractivity contribution in [3.05, 3.63) is 35.5 Å². The SMILES string of the molecule is Cc1ccc(N2CCc3ncc(CN(C)C)n3CC2)nn1. The molecule has 0 fully saturated rings. The summed E-state index contributed by atoms with van der Waals surface area (Å²) in [6.07, 6.45) is 2.96. The van der Waals surface area contributed by atoms with Crippen molar-refractivity contribution in [1.82, 2.24) is 24.6 Å². The maximum atomic E-state index is 4.59. The van der Waals surface area contributed by atoms with Crippen LogP contribution < -0.4 is 4.90 Å². The van der Waals surface area contributed by atoms with Crippen LogP contribution in [-0.4, -0.2) is 51.8 Å². The average Bonchev–Trinajstić information content (AvgIpc) is 2.70. The van der Waals surface area contributed by atoms with Crippen LogP contribution in [0.1, 0.15) is 17.2 Å². The monoisotopic (exact) mass is 286 g/mol. The highest BCUT2D eigenvalue weighted by Crippen LogP contribution is 2.16. The maximum Gasteiger partial charge on any atom is 0.151 e. The van der Waals surface area contributed by atoms with E-state index in [0.717, 1.165) is 44.1 Å². The van der Waals surface area contributed by atoms with Gasteiger partial charge in [0.2, 0.25) is 0 Å². The van der Waals surface area contributed by atoms with Crippen molar-refractivity contribution in [1.29, 1.82) is 0 Å². The van der Waals surface area contributed by atoms with E-state index < -0.39 is 0 Å². The van der Waals surface area contributed by atoms with Crippen LogP contribution in [0.15, 0.2) is 18.3 Å². The fourth-order valence-corrected chi connectivity index (χ4v) is 2.73. The summed E-state index contributed by atoms with van der Waals surface area (Å²) in [5.74, 6) is 2.13. The van der Waals surface area contributed by atoms with Crippen molar-refractivity contribution in [2.24, 2.45) is 0 Å². The third-order valence-electron chi connectivity index (χ3n) is 3.81. The molecular formula is C15H22N6. The Balaban J connectivity index is 1.76. The lowest BCUT2D eigenvalue weighted by Crippen LogP contribution is -2.28. The third kappa shape index (κ3) is 3.05. The summed E-state index contributed by atoms with van der Waals surface area (Å²) in [4.78, 5) is 9.06. The molecule has 1 aliphatic heterocycles. The van der Waals surface area contributed by atoms with Gasteiger partial charge in [-0.2, -0.15) is 5.10 Å². The zero-order valence-electron chi connectivity index (χ0n) is 13.0. The molecule has 0 amide bonds. The highest BCUT2D eigenvalue weighted by atomic mass is 15.3. The lowest BCUT2D eigenvalue weighted by atomic mass is 10.3. The molecule has 3 rings (SSSR count). The molecule has 2 aromatic rings. The standard InChI is InChI=1S/C15H22N6/c1-12-4-5-15(18-17-12)20-7-6-14-16-10-13(11-19(2)3)21(14)9-8-20/h4-5,10H,6-9,11H2,1-3H3. The molecule has 0 atom stereocenters. The zero-order chi connectivity index (χ0) is 14.8. The number of fused-ring (bicyclic) bond motifs is 1. The van der Waals surface area contributed by atoms with Gasteiger partial charge in [-0.15, -0.1) is 5.10 Å². The Kier molecular flexibility index (Phi) is 3.88. The molecule has 21 heavy (non-hydrogen) atoms. The number of hydrogen-bond donors (Lipinski definition) is 0. The number of anilines is 1. The fourth-order valence-electron chi connectivity index (χ4n) is 2.73. The van der Waals surface area contributed by atoms with E-state index in [4.69, 9.17) is 0 Å². The predicted molar refractivity (Wildman–Crippen MR) is 82.3 cm³/mol. The van der Waals surface area contributed by atoms with Crippen LogP contribution in [0.2, 0.25) is 0 Å². The first-order chi connectivity index (χ1) is 10.1. The second-order valence-electron chi connectivity index (χ2n) is 5.83. The van der Waals surface area contributed by atoms with Gasteiger partial charge in [0.05, 0.1) is 11.4 Å². The van der Waals surface area contributed by atoms with Gasteiger partial charge in [-0.3, -0.25) is 0 Å². The molecule has 0 aromatic carbocycles. The smallest absolute Gasteiger partial charge is 0.151 e. The number of hydrogen-bond acceptors (Lipinski definition) is 5. The second-order valence-corrected chi connectivity index (χ2v) is 5.83. The van der Waals surface area contributed by atoms with E-state index in [2.05, 4.69) is 49.7 Å². The van der Waals surface area contributed by atoms with Crippen LogP contribution in [-0.2, 0) is 19.5 Å². The molecule has 0 radical (unpaired) electrons. The molecule has 0 unspecified atom stereocenters. The van der Waals surface area contributed by atoms with E-state index in [-0.39, 0.29) is 0 Å². The summed E-state index contributed by atoms with van der Waals surface area (Å²) in [5, 5.41) is 8.46. The van der Waals surface area contributed by atoms with Crippen molar-refractivity contribution < 1.29 is 0 Å². The van der Waals surface area contributed by atoms with Crippen molar-refractivity contribution >= 4 is 5.82 Å². The van der Waals surface area contributed by atoms with E-state index in [9.17, 15) is 0 Å². The Bertz CT molecular complexity index is 601. The van der Waals surface area contributed by atoms with E-state index in [1.54, 1.807) is 0 Å². The molecule has 2 aromatic heterocycles. The lowest BCUT2D eigenvalue weighted by Gasteiger charge is -2.20. The van der Waals surface area contributed by atoms with Crippen LogP contribution in [0.4, 0.5) is 5.82 Å². The topological polar surface area (TPSA) is 50.1 Å². The minimum Gasteiger partial charge on any atom is -0.353 e. The Labute approximate surface area is 125 Å². The molecule has 3 heterocycles. The molecule has 6 nitrogen and oxygen atoms in total. The summed E-state index contributed by atoms with van der Waals surface area (Å²) < 4.78 is 2.35. The summed E-state index contributed by atoms with van der Waals surface area (Å²) in [6.45, 7) is 5.73. The summed E-state index contributed by atoms with van der Waals surface area (Å²) in [6, 6.07) is 4.07. The summed E-state index contributed by atoms with van der Waals surface area (Å²) in [5.41, 5.74) is 2.24. The van der Waals surface area contributed by atoms with Gasteiger partial charge >= 0.3 is 0 Å². The highest BCUT2D eigenvalue weighted by Gasteiger charge is 2.18. The van der Waals surface area contributed by atoms with Gasteiger partial charge in [0, 0.05) is 38.8 Å². The molecule has 0 aliphatic carbocycles. The van der Waals surface area contributed by atoms with Crippen molar-refractivity contribution in [2.75, 3.05) is 32.1 Å². The highest BCUT2D eigenvalue weighted by molar-refractivity contribution is 5.37. The van der Waals surface area contributed by atoms with Gasteiger partial charge < -0.3 is 14.4 Å². The third-order valence-corrected chi connectivity index (χ3v) is 3.81. The quantitative estimate of drug-likeness (QED) is 0.846. The van der Waals surface area contributed by atoms with Crippen LogP contribution in [0.5, 0.6) is 0 Å². The molecule has 0 bridgehead atoms. The molecular weight excluding hydrogens is 264 g/mol. The number of nitrogens with zero attached hydrogens (tertiary/aromatic N) is 6. The van der Waals surface area contributed by atoms with Gasteiger partial charge in [-0.1, -0.05) is 0 Å². The van der Waals surface area contributed by atoms with Crippen molar-refractivity contribution in [3.63, 3.8) is 0 Å². The van der Waals surface area contributed by atoms with Gasteiger partial charge in [0.25, 0.3) is 0 Å². The molecule has 0 saturated heterocycles. The first kappa shape index (κ1) is 14.0. The molecule has 0 spiro atoms. The number of rotatable bonds is 3. The molecule has 112 valence electrons. The van der Waals surface area contributed by atoms with E-state index in [0.29, 0.717) is 0 Å². The second kappa shape index (κ2) is 5.81. The predicted octanol–water partition coefficient (Wildman–Crippen LogP) is 1.11. The van der Waals surface area contributed by atoms with Crippen LogP contribution in [0.25, 0.3) is 0 Å². The molecule has 0 N–H and O–H groups in total. The number of imidazole rings is 1. The zero-order valence-corrected chi connectivity index (χ0v) is 13.0. The van der Waals surface area contributed by atoms with E-state index in [1.165, 1.54) is 11.5 Å². The first-order valence-electron chi connectivity index (χ1n) is 7.37. The average molecular weight is 286 g/mol. The van der Waals surface area contributed by atoms with Crippen LogP contribution >= 0.6 is 0 Å².